The van der Waals surface area contributed by atoms with Crippen molar-refractivity contribution in [1.82, 2.24) is 19.9 Å². The van der Waals surface area contributed by atoms with Gasteiger partial charge in [0.25, 0.3) is 5.56 Å². The summed E-state index contributed by atoms with van der Waals surface area (Å²) in [5.41, 5.74) is 1.72. The summed E-state index contributed by atoms with van der Waals surface area (Å²) < 4.78 is 1.69. The number of carbonyl (C=O) groups is 1. The smallest absolute Gasteiger partial charge is 0.278 e. The second-order valence-corrected chi connectivity index (χ2v) is 8.07. The Morgan fingerprint density at radius 3 is 2.71 bits per heavy atom. The molecule has 1 unspecified atom stereocenters. The lowest BCUT2D eigenvalue weighted by Crippen LogP contribution is -2.41. The lowest BCUT2D eigenvalue weighted by molar-refractivity contribution is -0.119. The monoisotopic (exact) mass is 350 g/mol. The van der Waals surface area contributed by atoms with Gasteiger partial charge in [-0.05, 0) is 47.1 Å². The zero-order valence-corrected chi connectivity index (χ0v) is 16.0. The number of aromatic amines is 1. The van der Waals surface area contributed by atoms with Gasteiger partial charge in [0.15, 0.2) is 5.16 Å². The lowest BCUT2D eigenvalue weighted by Gasteiger charge is -2.21. The minimum atomic E-state index is -0.275. The van der Waals surface area contributed by atoms with Crippen LogP contribution in [0.5, 0.6) is 0 Å². The highest BCUT2D eigenvalue weighted by molar-refractivity contribution is 7.99. The van der Waals surface area contributed by atoms with Gasteiger partial charge in [0.1, 0.15) is 5.52 Å². The molecule has 0 aliphatic heterocycles. The Balaban J connectivity index is 2.37. The maximum absolute atomic E-state index is 12.8. The van der Waals surface area contributed by atoms with Gasteiger partial charge < -0.3 is 10.3 Å². The van der Waals surface area contributed by atoms with Crippen LogP contribution in [0, 0.1) is 6.92 Å². The molecular weight excluding hydrogens is 324 g/mol. The molecule has 1 atom stereocenters. The van der Waals surface area contributed by atoms with Gasteiger partial charge in [-0.15, -0.1) is 0 Å². The summed E-state index contributed by atoms with van der Waals surface area (Å²) in [5, 5.41) is 3.51. The van der Waals surface area contributed by atoms with Crippen LogP contribution in [-0.4, -0.2) is 31.7 Å². The second kappa shape index (κ2) is 7.01. The number of aryl methyl sites for hydroxylation is 1. The van der Waals surface area contributed by atoms with E-state index >= 15 is 0 Å². The highest BCUT2D eigenvalue weighted by Gasteiger charge is 2.19. The molecular formula is C17H26N4O2S. The first-order valence-corrected chi connectivity index (χ1v) is 9.16. The van der Waals surface area contributed by atoms with Crippen LogP contribution in [0.2, 0.25) is 0 Å². The number of amides is 1. The molecule has 2 N–H and O–H groups in total. The molecule has 24 heavy (non-hydrogen) atoms. The van der Waals surface area contributed by atoms with Crippen LogP contribution in [0.3, 0.4) is 0 Å². The molecule has 0 aliphatic carbocycles. The van der Waals surface area contributed by atoms with E-state index in [-0.39, 0.29) is 28.8 Å². The van der Waals surface area contributed by atoms with Gasteiger partial charge in [-0.25, -0.2) is 4.98 Å². The topological polar surface area (TPSA) is 79.8 Å². The predicted molar refractivity (Wildman–Crippen MR) is 98.7 cm³/mol. The van der Waals surface area contributed by atoms with E-state index in [0.717, 1.165) is 12.1 Å². The molecule has 7 heteroatoms. The Labute approximate surface area is 146 Å². The summed E-state index contributed by atoms with van der Waals surface area (Å²) >= 11 is 1.30. The summed E-state index contributed by atoms with van der Waals surface area (Å²) in [5.74, 6) is 0.164. The predicted octanol–water partition coefficient (Wildman–Crippen LogP) is 3.01. The number of carbonyl (C=O) groups excluding carboxylic acids is 1. The number of thioether (sulfide) groups is 1. The third-order valence-electron chi connectivity index (χ3n) is 3.66. The average Bonchev–Trinajstić information content (AvgIpc) is 2.83. The van der Waals surface area contributed by atoms with Crippen molar-refractivity contribution < 1.29 is 4.79 Å². The van der Waals surface area contributed by atoms with Gasteiger partial charge in [0, 0.05) is 17.3 Å². The number of nitrogens with one attached hydrogen (secondary N) is 2. The molecule has 0 fully saturated rings. The normalized spacial score (nSPS) is 13.2. The van der Waals surface area contributed by atoms with Crippen molar-refractivity contribution >= 4 is 28.7 Å². The van der Waals surface area contributed by atoms with E-state index in [2.05, 4.69) is 15.3 Å². The van der Waals surface area contributed by atoms with Crippen LogP contribution in [0.25, 0.3) is 11.0 Å². The first-order chi connectivity index (χ1) is 11.1. The number of H-pyrrole nitrogens is 1. The molecule has 0 aromatic carbocycles. The molecule has 0 bridgehead atoms. The van der Waals surface area contributed by atoms with E-state index in [1.165, 1.54) is 11.8 Å². The number of aromatic nitrogens is 3. The van der Waals surface area contributed by atoms with Crippen molar-refractivity contribution in [3.8, 4) is 0 Å². The maximum atomic E-state index is 12.8. The van der Waals surface area contributed by atoms with Crippen LogP contribution in [0.15, 0.2) is 16.0 Å². The van der Waals surface area contributed by atoms with Gasteiger partial charge in [0.2, 0.25) is 5.91 Å². The van der Waals surface area contributed by atoms with Crippen LogP contribution >= 0.6 is 11.8 Å². The molecule has 2 rings (SSSR count). The number of hydrogen-bond acceptors (Lipinski definition) is 4. The van der Waals surface area contributed by atoms with Crippen molar-refractivity contribution in [3.63, 3.8) is 0 Å². The minimum Gasteiger partial charge on any atom is -0.353 e. The molecule has 132 valence electrons. The van der Waals surface area contributed by atoms with E-state index in [9.17, 15) is 9.59 Å². The Morgan fingerprint density at radius 2 is 2.12 bits per heavy atom. The van der Waals surface area contributed by atoms with Gasteiger partial charge in [-0.3, -0.25) is 14.2 Å². The van der Waals surface area contributed by atoms with Crippen LogP contribution in [-0.2, 0) is 4.79 Å². The maximum Gasteiger partial charge on any atom is 0.278 e. The zero-order chi connectivity index (χ0) is 18.1. The quantitative estimate of drug-likeness (QED) is 0.642. The summed E-state index contributed by atoms with van der Waals surface area (Å²) in [6.45, 7) is 11.7. The van der Waals surface area contributed by atoms with E-state index < -0.39 is 0 Å². The second-order valence-electron chi connectivity index (χ2n) is 7.13. The molecule has 0 aliphatic rings. The number of hydrogen-bond donors (Lipinski definition) is 2. The SMILES string of the molecule is CCC(C)n1c(SCC(=O)NC(C)(C)C)nc2cc(C)[nH]c2c1=O. The van der Waals surface area contributed by atoms with Gasteiger partial charge in [-0.1, -0.05) is 18.7 Å². The molecule has 2 aromatic heterocycles. The van der Waals surface area contributed by atoms with Gasteiger partial charge in [-0.2, -0.15) is 0 Å². The van der Waals surface area contributed by atoms with Crippen molar-refractivity contribution in [2.75, 3.05) is 5.75 Å². The third kappa shape index (κ3) is 4.20. The standard InChI is InChI=1S/C17H26N4O2S/c1-7-11(3)21-15(23)14-12(8-10(2)18-14)19-16(21)24-9-13(22)20-17(4,5)6/h8,11,18H,7,9H2,1-6H3,(H,20,22). The van der Waals surface area contributed by atoms with Crippen molar-refractivity contribution in [2.24, 2.45) is 0 Å². The Hall–Kier alpha value is -1.76. The number of rotatable bonds is 5. The number of nitrogens with zero attached hydrogens (tertiary/aromatic N) is 2. The van der Waals surface area contributed by atoms with E-state index in [1.54, 1.807) is 4.57 Å². The third-order valence-corrected chi connectivity index (χ3v) is 4.62. The lowest BCUT2D eigenvalue weighted by atomic mass is 10.1. The molecule has 2 heterocycles. The van der Waals surface area contributed by atoms with Crippen molar-refractivity contribution in [2.45, 2.75) is 64.7 Å². The van der Waals surface area contributed by atoms with Crippen LogP contribution in [0.1, 0.15) is 52.8 Å². The molecule has 0 radical (unpaired) electrons. The fourth-order valence-corrected chi connectivity index (χ4v) is 3.34. The van der Waals surface area contributed by atoms with Gasteiger partial charge in [0.05, 0.1) is 11.3 Å². The molecule has 0 saturated heterocycles. The fraction of sp³-hybridized carbons (Fsp3) is 0.588. The summed E-state index contributed by atoms with van der Waals surface area (Å²) in [7, 11) is 0. The summed E-state index contributed by atoms with van der Waals surface area (Å²) in [4.78, 5) is 32.6. The van der Waals surface area contributed by atoms with E-state index in [0.29, 0.717) is 16.2 Å². The summed E-state index contributed by atoms with van der Waals surface area (Å²) in [6, 6.07) is 1.88. The van der Waals surface area contributed by atoms with Crippen LogP contribution < -0.4 is 10.9 Å². The van der Waals surface area contributed by atoms with E-state index in [1.807, 2.05) is 47.6 Å². The highest BCUT2D eigenvalue weighted by Crippen LogP contribution is 2.22. The molecule has 0 spiro atoms. The first kappa shape index (κ1) is 18.6. The molecule has 1 amide bonds. The van der Waals surface area contributed by atoms with E-state index in [4.69, 9.17) is 0 Å². The Bertz CT molecular complexity index is 801. The minimum absolute atomic E-state index is 0.0196. The average molecular weight is 350 g/mol. The highest BCUT2D eigenvalue weighted by atomic mass is 32.2. The van der Waals surface area contributed by atoms with Gasteiger partial charge >= 0.3 is 0 Å². The molecule has 6 nitrogen and oxygen atoms in total. The zero-order valence-electron chi connectivity index (χ0n) is 15.2. The van der Waals surface area contributed by atoms with Crippen LogP contribution in [0.4, 0.5) is 0 Å². The number of fused-ring (bicyclic) bond motifs is 1. The van der Waals surface area contributed by atoms with Crippen molar-refractivity contribution in [1.29, 1.82) is 0 Å². The molecule has 0 saturated carbocycles. The Kier molecular flexibility index (Phi) is 5.42. The Morgan fingerprint density at radius 1 is 1.46 bits per heavy atom. The first-order valence-electron chi connectivity index (χ1n) is 8.18. The summed E-state index contributed by atoms with van der Waals surface area (Å²) in [6.07, 6.45) is 0.814. The largest absolute Gasteiger partial charge is 0.353 e. The van der Waals surface area contributed by atoms with Crippen molar-refractivity contribution in [3.05, 3.63) is 22.1 Å². The molecule has 2 aromatic rings. The fourth-order valence-electron chi connectivity index (χ4n) is 2.45.